The number of benzene rings is 1. The van der Waals surface area contributed by atoms with Crippen molar-refractivity contribution in [1.82, 2.24) is 4.31 Å². The fourth-order valence-electron chi connectivity index (χ4n) is 2.29. The minimum atomic E-state index is -4.60. The molecule has 116 valence electrons. The average molecular weight is 321 g/mol. The highest BCUT2D eigenvalue weighted by Crippen LogP contribution is 2.31. The molecular formula is C13H14F3NO3S. The van der Waals surface area contributed by atoms with Crippen LogP contribution in [-0.2, 0) is 21.0 Å². The monoisotopic (exact) mass is 321 g/mol. The summed E-state index contributed by atoms with van der Waals surface area (Å²) in [5, 5.41) is 0. The predicted molar refractivity (Wildman–Crippen MR) is 69.0 cm³/mol. The topological polar surface area (TPSA) is 54.5 Å². The number of rotatable bonds is 3. The second kappa shape index (κ2) is 5.76. The van der Waals surface area contributed by atoms with E-state index in [1.165, 1.54) is 0 Å². The zero-order chi connectivity index (χ0) is 15.7. The normalized spacial score (nSPS) is 21.2. The molecule has 21 heavy (non-hydrogen) atoms. The molecule has 1 heterocycles. The molecule has 0 spiro atoms. The Morgan fingerprint density at radius 2 is 2.00 bits per heavy atom. The van der Waals surface area contributed by atoms with E-state index in [-0.39, 0.29) is 13.1 Å². The Kier molecular flexibility index (Phi) is 4.38. The molecule has 1 atom stereocenters. The van der Waals surface area contributed by atoms with Crippen molar-refractivity contribution in [3.05, 3.63) is 29.8 Å². The van der Waals surface area contributed by atoms with Crippen LogP contribution in [0.4, 0.5) is 13.2 Å². The van der Waals surface area contributed by atoms with Crippen molar-refractivity contribution >= 4 is 16.3 Å². The molecule has 1 fully saturated rings. The van der Waals surface area contributed by atoms with Gasteiger partial charge in [0.2, 0.25) is 10.0 Å². The minimum absolute atomic E-state index is 0.0160. The van der Waals surface area contributed by atoms with Crippen LogP contribution >= 0.6 is 0 Å². The standard InChI is InChI=1S/C13H14F3NO3S/c14-13(15,16)11-4-1-5-12(7-11)21(19,20)17-6-2-3-10(8-17)9-18/h1,4-5,7,9-10H,2-3,6,8H2. The summed E-state index contributed by atoms with van der Waals surface area (Å²) in [5.74, 6) is -0.403. The maximum Gasteiger partial charge on any atom is 0.416 e. The average Bonchev–Trinajstić information content (AvgIpc) is 2.46. The molecule has 0 aliphatic carbocycles. The lowest BCUT2D eigenvalue weighted by Gasteiger charge is -2.29. The van der Waals surface area contributed by atoms with E-state index in [1.54, 1.807) is 0 Å². The van der Waals surface area contributed by atoms with Crippen molar-refractivity contribution in [1.29, 1.82) is 0 Å². The van der Waals surface area contributed by atoms with Crippen molar-refractivity contribution in [2.75, 3.05) is 13.1 Å². The molecule has 0 bridgehead atoms. The van der Waals surface area contributed by atoms with Gasteiger partial charge in [-0.2, -0.15) is 17.5 Å². The number of aldehydes is 1. The quantitative estimate of drug-likeness (QED) is 0.803. The van der Waals surface area contributed by atoms with Crippen LogP contribution in [0.5, 0.6) is 0 Å². The van der Waals surface area contributed by atoms with Gasteiger partial charge in [0.15, 0.2) is 0 Å². The zero-order valence-corrected chi connectivity index (χ0v) is 11.8. The Bertz CT molecular complexity index is 628. The van der Waals surface area contributed by atoms with Crippen LogP contribution in [0.1, 0.15) is 18.4 Å². The Labute approximate surface area is 120 Å². The van der Waals surface area contributed by atoms with Gasteiger partial charge in [-0.3, -0.25) is 0 Å². The third-order valence-electron chi connectivity index (χ3n) is 3.41. The van der Waals surface area contributed by atoms with E-state index < -0.39 is 32.6 Å². The summed E-state index contributed by atoms with van der Waals surface area (Å²) in [6, 6.07) is 3.65. The van der Waals surface area contributed by atoms with Crippen LogP contribution in [0.3, 0.4) is 0 Å². The molecule has 0 radical (unpaired) electrons. The molecule has 4 nitrogen and oxygen atoms in total. The fraction of sp³-hybridized carbons (Fsp3) is 0.462. The maximum atomic E-state index is 12.7. The van der Waals surface area contributed by atoms with Crippen LogP contribution in [0.25, 0.3) is 0 Å². The molecule has 1 unspecified atom stereocenters. The smallest absolute Gasteiger partial charge is 0.303 e. The van der Waals surface area contributed by atoms with Crippen molar-refractivity contribution in [3.63, 3.8) is 0 Å². The number of halogens is 3. The Hall–Kier alpha value is -1.41. The third-order valence-corrected chi connectivity index (χ3v) is 5.27. The molecule has 1 aromatic rings. The summed E-state index contributed by atoms with van der Waals surface area (Å²) in [6.45, 7) is 0.227. The van der Waals surface area contributed by atoms with Gasteiger partial charge in [-0.25, -0.2) is 8.42 Å². The first-order valence-electron chi connectivity index (χ1n) is 6.38. The Morgan fingerprint density at radius 1 is 1.29 bits per heavy atom. The van der Waals surface area contributed by atoms with Gasteiger partial charge in [0.25, 0.3) is 0 Å². The van der Waals surface area contributed by atoms with E-state index in [1.807, 2.05) is 0 Å². The highest BCUT2D eigenvalue weighted by Gasteiger charge is 2.34. The van der Waals surface area contributed by atoms with Crippen LogP contribution in [-0.4, -0.2) is 32.1 Å². The van der Waals surface area contributed by atoms with Gasteiger partial charge in [-0.1, -0.05) is 6.07 Å². The van der Waals surface area contributed by atoms with E-state index >= 15 is 0 Å². The summed E-state index contributed by atoms with van der Waals surface area (Å²) in [4.78, 5) is 10.4. The third kappa shape index (κ3) is 3.44. The number of carbonyl (C=O) groups is 1. The lowest BCUT2D eigenvalue weighted by Crippen LogP contribution is -2.40. The van der Waals surface area contributed by atoms with Crippen LogP contribution < -0.4 is 0 Å². The van der Waals surface area contributed by atoms with Crippen LogP contribution in [0, 0.1) is 5.92 Å². The van der Waals surface area contributed by atoms with E-state index in [4.69, 9.17) is 0 Å². The van der Waals surface area contributed by atoms with Gasteiger partial charge < -0.3 is 4.79 Å². The summed E-state index contributed by atoms with van der Waals surface area (Å²) < 4.78 is 63.8. The lowest BCUT2D eigenvalue weighted by molar-refractivity contribution is -0.137. The van der Waals surface area contributed by atoms with Gasteiger partial charge >= 0.3 is 6.18 Å². The van der Waals surface area contributed by atoms with Crippen molar-refractivity contribution in [3.8, 4) is 0 Å². The van der Waals surface area contributed by atoms with E-state index in [2.05, 4.69) is 0 Å². The molecule has 1 aromatic carbocycles. The number of hydrogen-bond donors (Lipinski definition) is 0. The van der Waals surface area contributed by atoms with Gasteiger partial charge in [0.05, 0.1) is 10.5 Å². The van der Waals surface area contributed by atoms with E-state index in [0.29, 0.717) is 25.2 Å². The molecule has 0 N–H and O–H groups in total. The summed E-state index contributed by atoms with van der Waals surface area (Å²) in [5.41, 5.74) is -1.01. The van der Waals surface area contributed by atoms with Gasteiger partial charge in [-0.05, 0) is 31.0 Å². The first kappa shape index (κ1) is 16.0. The number of nitrogens with zero attached hydrogens (tertiary/aromatic N) is 1. The second-order valence-electron chi connectivity index (χ2n) is 4.93. The summed E-state index contributed by atoms with van der Waals surface area (Å²) >= 11 is 0. The predicted octanol–water partition coefficient (Wildman–Crippen LogP) is 2.31. The maximum absolute atomic E-state index is 12.7. The summed E-state index contributed by atoms with van der Waals surface area (Å²) in [7, 11) is -4.01. The van der Waals surface area contributed by atoms with E-state index in [9.17, 15) is 26.4 Å². The molecule has 1 aliphatic rings. The molecule has 0 amide bonds. The SMILES string of the molecule is O=CC1CCCN(S(=O)(=O)c2cccc(C(F)(F)F)c2)C1. The molecule has 1 saturated heterocycles. The van der Waals surface area contributed by atoms with Crippen molar-refractivity contribution in [2.45, 2.75) is 23.9 Å². The zero-order valence-electron chi connectivity index (χ0n) is 11.0. The molecule has 1 aliphatic heterocycles. The number of hydrogen-bond acceptors (Lipinski definition) is 3. The molecule has 0 aromatic heterocycles. The number of alkyl halides is 3. The summed E-state index contributed by atoms with van der Waals surface area (Å²) in [6.07, 6.45) is -2.80. The molecular weight excluding hydrogens is 307 g/mol. The van der Waals surface area contributed by atoms with Crippen LogP contribution in [0.2, 0.25) is 0 Å². The van der Waals surface area contributed by atoms with Crippen LogP contribution in [0.15, 0.2) is 29.2 Å². The Morgan fingerprint density at radius 3 is 2.62 bits per heavy atom. The highest BCUT2D eigenvalue weighted by atomic mass is 32.2. The first-order valence-corrected chi connectivity index (χ1v) is 7.82. The van der Waals surface area contributed by atoms with Crippen molar-refractivity contribution in [2.24, 2.45) is 5.92 Å². The first-order chi connectivity index (χ1) is 9.75. The number of carbonyl (C=O) groups excluding carboxylic acids is 1. The molecule has 8 heteroatoms. The van der Waals surface area contributed by atoms with Gasteiger partial charge in [-0.15, -0.1) is 0 Å². The lowest BCUT2D eigenvalue weighted by atomic mass is 10.0. The Balaban J connectivity index is 2.33. The van der Waals surface area contributed by atoms with Gasteiger partial charge in [0, 0.05) is 19.0 Å². The largest absolute Gasteiger partial charge is 0.416 e. The number of sulfonamides is 1. The van der Waals surface area contributed by atoms with Crippen molar-refractivity contribution < 1.29 is 26.4 Å². The van der Waals surface area contributed by atoms with Gasteiger partial charge in [0.1, 0.15) is 6.29 Å². The molecule has 2 rings (SSSR count). The number of piperidine rings is 1. The second-order valence-corrected chi connectivity index (χ2v) is 6.86. The molecule has 0 saturated carbocycles. The highest BCUT2D eigenvalue weighted by molar-refractivity contribution is 7.89. The minimum Gasteiger partial charge on any atom is -0.303 e. The fourth-order valence-corrected chi connectivity index (χ4v) is 3.87. The van der Waals surface area contributed by atoms with E-state index in [0.717, 1.165) is 22.5 Å².